The molecule has 2 aromatic rings. The summed E-state index contributed by atoms with van der Waals surface area (Å²) in [6, 6.07) is 9.86. The highest BCUT2D eigenvalue weighted by Gasteiger charge is 2.04. The van der Waals surface area contributed by atoms with Gasteiger partial charge in [-0.15, -0.1) is 0 Å². The van der Waals surface area contributed by atoms with Crippen molar-refractivity contribution < 1.29 is 9.47 Å². The zero-order chi connectivity index (χ0) is 13.7. The molecular formula is C15H18N2O2. The van der Waals surface area contributed by atoms with Crippen LogP contribution in [0.4, 0.5) is 5.82 Å². The summed E-state index contributed by atoms with van der Waals surface area (Å²) in [7, 11) is 3.27. The maximum atomic E-state index is 5.28. The fourth-order valence-electron chi connectivity index (χ4n) is 1.76. The Hall–Kier alpha value is -2.23. The second-order valence-electron chi connectivity index (χ2n) is 4.26. The number of rotatable bonds is 5. The zero-order valence-corrected chi connectivity index (χ0v) is 11.4. The van der Waals surface area contributed by atoms with E-state index in [1.54, 1.807) is 14.2 Å². The van der Waals surface area contributed by atoms with Crippen molar-refractivity contribution in [2.24, 2.45) is 0 Å². The zero-order valence-electron chi connectivity index (χ0n) is 11.4. The molecule has 0 radical (unpaired) electrons. The van der Waals surface area contributed by atoms with Crippen LogP contribution in [0.1, 0.15) is 11.1 Å². The van der Waals surface area contributed by atoms with Crippen molar-refractivity contribution in [3.63, 3.8) is 0 Å². The third-order valence-electron chi connectivity index (χ3n) is 2.83. The molecule has 0 amide bonds. The highest BCUT2D eigenvalue weighted by Crippen LogP contribution is 2.27. The molecule has 0 fully saturated rings. The number of anilines is 1. The maximum absolute atomic E-state index is 5.28. The van der Waals surface area contributed by atoms with E-state index in [0.29, 0.717) is 6.54 Å². The average Bonchev–Trinajstić information content (AvgIpc) is 2.46. The van der Waals surface area contributed by atoms with Crippen LogP contribution in [0.25, 0.3) is 0 Å². The van der Waals surface area contributed by atoms with Crippen LogP contribution in [0.5, 0.6) is 11.5 Å². The lowest BCUT2D eigenvalue weighted by molar-refractivity contribution is 0.354. The normalized spacial score (nSPS) is 10.1. The van der Waals surface area contributed by atoms with Gasteiger partial charge in [0, 0.05) is 12.7 Å². The molecule has 100 valence electrons. The Labute approximate surface area is 113 Å². The Morgan fingerprint density at radius 2 is 1.84 bits per heavy atom. The van der Waals surface area contributed by atoms with Crippen molar-refractivity contribution >= 4 is 5.82 Å². The number of ether oxygens (including phenoxy) is 2. The highest BCUT2D eigenvalue weighted by atomic mass is 16.5. The van der Waals surface area contributed by atoms with Crippen LogP contribution in [-0.4, -0.2) is 19.2 Å². The van der Waals surface area contributed by atoms with E-state index in [1.807, 2.05) is 43.5 Å². The lowest BCUT2D eigenvalue weighted by Crippen LogP contribution is -2.02. The summed E-state index contributed by atoms with van der Waals surface area (Å²) in [4.78, 5) is 4.30. The molecule has 1 N–H and O–H groups in total. The average molecular weight is 258 g/mol. The highest BCUT2D eigenvalue weighted by molar-refractivity contribution is 5.44. The molecule has 0 spiro atoms. The molecule has 0 saturated heterocycles. The molecule has 0 atom stereocenters. The molecule has 19 heavy (non-hydrogen) atoms. The molecule has 0 aliphatic carbocycles. The predicted octanol–water partition coefficient (Wildman–Crippen LogP) is 3.02. The minimum Gasteiger partial charge on any atom is -0.493 e. The van der Waals surface area contributed by atoms with Gasteiger partial charge in [0.1, 0.15) is 5.82 Å². The fraction of sp³-hybridized carbons (Fsp3) is 0.267. The maximum Gasteiger partial charge on any atom is 0.161 e. The smallest absolute Gasteiger partial charge is 0.161 e. The van der Waals surface area contributed by atoms with Crippen LogP contribution in [0, 0.1) is 6.92 Å². The van der Waals surface area contributed by atoms with Gasteiger partial charge in [0.15, 0.2) is 11.5 Å². The number of aromatic nitrogens is 1. The van der Waals surface area contributed by atoms with Crippen molar-refractivity contribution in [2.75, 3.05) is 19.5 Å². The van der Waals surface area contributed by atoms with Crippen LogP contribution >= 0.6 is 0 Å². The molecule has 2 rings (SSSR count). The van der Waals surface area contributed by atoms with E-state index in [4.69, 9.17) is 9.47 Å². The predicted molar refractivity (Wildman–Crippen MR) is 75.8 cm³/mol. The van der Waals surface area contributed by atoms with Gasteiger partial charge in [-0.05, 0) is 36.2 Å². The summed E-state index contributed by atoms with van der Waals surface area (Å²) in [6.07, 6.45) is 1.84. The molecule has 0 aliphatic rings. The molecule has 1 aromatic heterocycles. The Morgan fingerprint density at radius 1 is 1.05 bits per heavy atom. The quantitative estimate of drug-likeness (QED) is 0.895. The lowest BCUT2D eigenvalue weighted by atomic mass is 10.2. The van der Waals surface area contributed by atoms with Gasteiger partial charge < -0.3 is 14.8 Å². The summed E-state index contributed by atoms with van der Waals surface area (Å²) >= 11 is 0. The van der Waals surface area contributed by atoms with Gasteiger partial charge in [-0.2, -0.15) is 0 Å². The largest absolute Gasteiger partial charge is 0.493 e. The summed E-state index contributed by atoms with van der Waals surface area (Å²) < 4.78 is 10.5. The molecule has 0 unspecified atom stereocenters. The minimum absolute atomic E-state index is 0.691. The first-order chi connectivity index (χ1) is 9.22. The van der Waals surface area contributed by atoms with Crippen molar-refractivity contribution in [1.82, 2.24) is 4.98 Å². The van der Waals surface area contributed by atoms with E-state index in [9.17, 15) is 0 Å². The molecule has 4 nitrogen and oxygen atoms in total. The second-order valence-corrected chi connectivity index (χ2v) is 4.26. The van der Waals surface area contributed by atoms with E-state index in [-0.39, 0.29) is 0 Å². The number of methoxy groups -OCH3 is 2. The molecule has 0 bridgehead atoms. The number of pyridine rings is 1. The molecule has 0 aliphatic heterocycles. The number of hydrogen-bond donors (Lipinski definition) is 1. The molecule has 1 heterocycles. The Balaban J connectivity index is 2.05. The van der Waals surface area contributed by atoms with Crippen LogP contribution in [-0.2, 0) is 6.54 Å². The van der Waals surface area contributed by atoms with Gasteiger partial charge >= 0.3 is 0 Å². The summed E-state index contributed by atoms with van der Waals surface area (Å²) in [5.41, 5.74) is 2.26. The number of aryl methyl sites for hydroxylation is 1. The molecule has 1 aromatic carbocycles. The van der Waals surface area contributed by atoms with E-state index in [1.165, 1.54) is 0 Å². The van der Waals surface area contributed by atoms with Crippen molar-refractivity contribution in [1.29, 1.82) is 0 Å². The lowest BCUT2D eigenvalue weighted by Gasteiger charge is -2.10. The first-order valence-corrected chi connectivity index (χ1v) is 6.10. The van der Waals surface area contributed by atoms with E-state index < -0.39 is 0 Å². The number of nitrogens with one attached hydrogen (secondary N) is 1. The second kappa shape index (κ2) is 6.09. The van der Waals surface area contributed by atoms with Crippen molar-refractivity contribution in [3.8, 4) is 11.5 Å². The van der Waals surface area contributed by atoms with Crippen molar-refractivity contribution in [3.05, 3.63) is 47.7 Å². The van der Waals surface area contributed by atoms with Crippen LogP contribution in [0.15, 0.2) is 36.5 Å². The van der Waals surface area contributed by atoms with Gasteiger partial charge in [-0.3, -0.25) is 0 Å². The summed E-state index contributed by atoms with van der Waals surface area (Å²) in [5.74, 6) is 2.33. The first-order valence-electron chi connectivity index (χ1n) is 6.10. The van der Waals surface area contributed by atoms with Crippen LogP contribution < -0.4 is 14.8 Å². The van der Waals surface area contributed by atoms with Crippen LogP contribution in [0.3, 0.4) is 0 Å². The summed E-state index contributed by atoms with van der Waals surface area (Å²) in [6.45, 7) is 2.71. The first kappa shape index (κ1) is 13.2. The number of hydrogen-bond acceptors (Lipinski definition) is 4. The number of nitrogens with zero attached hydrogens (tertiary/aromatic N) is 1. The molecule has 4 heteroatoms. The van der Waals surface area contributed by atoms with E-state index >= 15 is 0 Å². The van der Waals surface area contributed by atoms with E-state index in [2.05, 4.69) is 10.3 Å². The topological polar surface area (TPSA) is 43.4 Å². The monoisotopic (exact) mass is 258 g/mol. The van der Waals surface area contributed by atoms with Crippen LogP contribution in [0.2, 0.25) is 0 Å². The molecule has 0 saturated carbocycles. The fourth-order valence-corrected chi connectivity index (χ4v) is 1.76. The van der Waals surface area contributed by atoms with E-state index in [0.717, 1.165) is 28.4 Å². The standard InChI is InChI=1S/C15H18N2O2/c1-11-4-7-15(16-9-11)17-10-12-5-6-13(18-2)14(8-12)19-3/h4-9H,10H2,1-3H3,(H,16,17). The van der Waals surface area contributed by atoms with Gasteiger partial charge in [-0.25, -0.2) is 4.98 Å². The SMILES string of the molecule is COc1ccc(CNc2ccc(C)cn2)cc1OC. The Morgan fingerprint density at radius 3 is 2.47 bits per heavy atom. The molecular weight excluding hydrogens is 240 g/mol. The van der Waals surface area contributed by atoms with Gasteiger partial charge in [0.05, 0.1) is 14.2 Å². The third-order valence-corrected chi connectivity index (χ3v) is 2.83. The Kier molecular flexibility index (Phi) is 4.23. The van der Waals surface area contributed by atoms with Gasteiger partial charge in [0.2, 0.25) is 0 Å². The number of benzene rings is 1. The Bertz CT molecular complexity index is 538. The third kappa shape index (κ3) is 3.37. The van der Waals surface area contributed by atoms with Crippen molar-refractivity contribution in [2.45, 2.75) is 13.5 Å². The minimum atomic E-state index is 0.691. The summed E-state index contributed by atoms with van der Waals surface area (Å²) in [5, 5.41) is 3.27. The van der Waals surface area contributed by atoms with Gasteiger partial charge in [-0.1, -0.05) is 12.1 Å². The van der Waals surface area contributed by atoms with Gasteiger partial charge in [0.25, 0.3) is 0 Å².